The highest BCUT2D eigenvalue weighted by Crippen LogP contribution is 2.27. The summed E-state index contributed by atoms with van der Waals surface area (Å²) in [6, 6.07) is 7.89. The van der Waals surface area contributed by atoms with E-state index in [1.54, 1.807) is 24.4 Å². The number of nitrogens with one attached hydrogen (secondary N) is 1. The number of benzene rings is 1. The number of pyridine rings is 1. The standard InChI is InChI=1S/C15H15BrClN3O3S/c1-10-3-6-14(18-8-10)19-15(21)9-20(2)24(22,23)13-5-4-11(16)7-12(13)17/h3-8H,9H2,1-2H3,(H,18,19,21). The van der Waals surface area contributed by atoms with Crippen LogP contribution in [0.2, 0.25) is 5.02 Å². The van der Waals surface area contributed by atoms with Crippen molar-refractivity contribution in [3.05, 3.63) is 51.6 Å². The van der Waals surface area contributed by atoms with Gasteiger partial charge in [-0.1, -0.05) is 33.6 Å². The Morgan fingerprint density at radius 1 is 1.33 bits per heavy atom. The molecule has 0 spiro atoms. The van der Waals surface area contributed by atoms with Gasteiger partial charge in [0.05, 0.1) is 11.6 Å². The van der Waals surface area contributed by atoms with Crippen LogP contribution >= 0.6 is 27.5 Å². The zero-order chi connectivity index (χ0) is 17.9. The Hall–Kier alpha value is -1.48. The normalized spacial score (nSPS) is 11.5. The van der Waals surface area contributed by atoms with Crippen LogP contribution in [-0.2, 0) is 14.8 Å². The molecule has 0 atom stereocenters. The highest BCUT2D eigenvalue weighted by molar-refractivity contribution is 9.10. The van der Waals surface area contributed by atoms with Crippen molar-refractivity contribution in [3.63, 3.8) is 0 Å². The second kappa shape index (κ2) is 7.60. The molecule has 0 saturated heterocycles. The maximum Gasteiger partial charge on any atom is 0.244 e. The van der Waals surface area contributed by atoms with Crippen LogP contribution in [0.5, 0.6) is 0 Å². The zero-order valence-corrected chi connectivity index (χ0v) is 16.1. The second-order valence-electron chi connectivity index (χ2n) is 5.10. The number of hydrogen-bond donors (Lipinski definition) is 1. The molecule has 0 fully saturated rings. The van der Waals surface area contributed by atoms with Gasteiger partial charge in [-0.3, -0.25) is 4.79 Å². The predicted molar refractivity (Wildman–Crippen MR) is 96.6 cm³/mol. The lowest BCUT2D eigenvalue weighted by molar-refractivity contribution is -0.116. The number of sulfonamides is 1. The van der Waals surface area contributed by atoms with Gasteiger partial charge in [0.15, 0.2) is 0 Å². The lowest BCUT2D eigenvalue weighted by Crippen LogP contribution is -2.35. The first-order chi connectivity index (χ1) is 11.2. The van der Waals surface area contributed by atoms with Gasteiger partial charge in [-0.2, -0.15) is 4.31 Å². The molecule has 1 aromatic carbocycles. The Bertz CT molecular complexity index is 857. The Morgan fingerprint density at radius 3 is 2.62 bits per heavy atom. The summed E-state index contributed by atoms with van der Waals surface area (Å²) >= 11 is 9.21. The van der Waals surface area contributed by atoms with E-state index >= 15 is 0 Å². The summed E-state index contributed by atoms with van der Waals surface area (Å²) < 4.78 is 26.7. The van der Waals surface area contributed by atoms with Gasteiger partial charge in [0, 0.05) is 17.7 Å². The molecule has 0 aliphatic heterocycles. The van der Waals surface area contributed by atoms with Gasteiger partial charge in [-0.25, -0.2) is 13.4 Å². The molecule has 24 heavy (non-hydrogen) atoms. The summed E-state index contributed by atoms with van der Waals surface area (Å²) in [4.78, 5) is 16.0. The molecule has 1 amide bonds. The number of likely N-dealkylation sites (N-methyl/N-ethyl adjacent to an activating group) is 1. The highest BCUT2D eigenvalue weighted by Gasteiger charge is 2.25. The number of amides is 1. The molecule has 2 aromatic rings. The summed E-state index contributed by atoms with van der Waals surface area (Å²) in [7, 11) is -2.57. The van der Waals surface area contributed by atoms with Crippen LogP contribution in [0.3, 0.4) is 0 Å². The molecule has 0 aliphatic carbocycles. The monoisotopic (exact) mass is 431 g/mol. The molecule has 9 heteroatoms. The van der Waals surface area contributed by atoms with Crippen LogP contribution in [0.25, 0.3) is 0 Å². The fourth-order valence-corrected chi connectivity index (χ4v) is 4.00. The van der Waals surface area contributed by atoms with Crippen LogP contribution in [-0.4, -0.2) is 37.2 Å². The van der Waals surface area contributed by atoms with Crippen molar-refractivity contribution in [1.29, 1.82) is 0 Å². The first-order valence-electron chi connectivity index (χ1n) is 6.84. The van der Waals surface area contributed by atoms with Crippen LogP contribution in [0.4, 0.5) is 5.82 Å². The van der Waals surface area contributed by atoms with Gasteiger partial charge < -0.3 is 5.32 Å². The molecule has 0 radical (unpaired) electrons. The SMILES string of the molecule is Cc1ccc(NC(=O)CN(C)S(=O)(=O)c2ccc(Br)cc2Cl)nc1. The van der Waals surface area contributed by atoms with E-state index in [0.717, 1.165) is 9.87 Å². The molecule has 128 valence electrons. The van der Waals surface area contributed by atoms with Crippen molar-refractivity contribution in [2.75, 3.05) is 18.9 Å². The highest BCUT2D eigenvalue weighted by atomic mass is 79.9. The molecule has 6 nitrogen and oxygen atoms in total. The minimum Gasteiger partial charge on any atom is -0.310 e. The summed E-state index contributed by atoms with van der Waals surface area (Å²) in [5.74, 6) is -0.135. The molecule has 0 saturated carbocycles. The summed E-state index contributed by atoms with van der Waals surface area (Å²) in [5.41, 5.74) is 0.956. The Balaban J connectivity index is 2.11. The van der Waals surface area contributed by atoms with Gasteiger partial charge in [-0.05, 0) is 36.8 Å². The van der Waals surface area contributed by atoms with Gasteiger partial charge in [0.2, 0.25) is 15.9 Å². The molecular weight excluding hydrogens is 418 g/mol. The number of aryl methyl sites for hydroxylation is 1. The van der Waals surface area contributed by atoms with Gasteiger partial charge in [0.1, 0.15) is 10.7 Å². The predicted octanol–water partition coefficient (Wildman–Crippen LogP) is 3.07. The number of anilines is 1. The lowest BCUT2D eigenvalue weighted by atomic mass is 10.3. The molecule has 2 rings (SSSR count). The van der Waals surface area contributed by atoms with E-state index in [1.807, 2.05) is 6.92 Å². The number of aromatic nitrogens is 1. The average molecular weight is 433 g/mol. The Kier molecular flexibility index (Phi) is 5.97. The molecule has 0 bridgehead atoms. The lowest BCUT2D eigenvalue weighted by Gasteiger charge is -2.17. The number of rotatable bonds is 5. The fraction of sp³-hybridized carbons (Fsp3) is 0.200. The maximum atomic E-state index is 12.5. The third kappa shape index (κ3) is 4.54. The van der Waals surface area contributed by atoms with E-state index in [1.165, 1.54) is 19.2 Å². The van der Waals surface area contributed by atoms with Crippen molar-refractivity contribution in [1.82, 2.24) is 9.29 Å². The second-order valence-corrected chi connectivity index (χ2v) is 8.44. The molecule has 0 unspecified atom stereocenters. The minimum absolute atomic E-state index is 0.0591. The number of halogens is 2. The average Bonchev–Trinajstić information content (AvgIpc) is 2.49. The fourth-order valence-electron chi connectivity index (χ4n) is 1.86. The quantitative estimate of drug-likeness (QED) is 0.787. The van der Waals surface area contributed by atoms with Crippen molar-refractivity contribution in [2.45, 2.75) is 11.8 Å². The molecule has 0 aliphatic rings. The number of hydrogen-bond acceptors (Lipinski definition) is 4. The van der Waals surface area contributed by atoms with Gasteiger partial charge in [-0.15, -0.1) is 0 Å². The minimum atomic E-state index is -3.88. The van der Waals surface area contributed by atoms with Crippen molar-refractivity contribution < 1.29 is 13.2 Å². The topological polar surface area (TPSA) is 79.4 Å². The van der Waals surface area contributed by atoms with Crippen molar-refractivity contribution in [3.8, 4) is 0 Å². The number of carbonyl (C=O) groups excluding carboxylic acids is 1. The van der Waals surface area contributed by atoms with E-state index in [2.05, 4.69) is 26.2 Å². The molecule has 1 heterocycles. The van der Waals surface area contributed by atoms with Crippen LogP contribution in [0.1, 0.15) is 5.56 Å². The van der Waals surface area contributed by atoms with Crippen molar-refractivity contribution in [2.24, 2.45) is 0 Å². The third-order valence-electron chi connectivity index (χ3n) is 3.13. The molecule has 1 N–H and O–H groups in total. The van der Waals surface area contributed by atoms with Crippen LogP contribution < -0.4 is 5.32 Å². The van der Waals surface area contributed by atoms with Crippen LogP contribution in [0, 0.1) is 6.92 Å². The van der Waals surface area contributed by atoms with E-state index in [9.17, 15) is 13.2 Å². The van der Waals surface area contributed by atoms with E-state index in [0.29, 0.717) is 10.3 Å². The van der Waals surface area contributed by atoms with Crippen LogP contribution in [0.15, 0.2) is 45.9 Å². The smallest absolute Gasteiger partial charge is 0.244 e. The molecule has 1 aromatic heterocycles. The molecular formula is C15H15BrClN3O3S. The first kappa shape index (κ1) is 18.9. The summed E-state index contributed by atoms with van der Waals surface area (Å²) in [6.45, 7) is 1.52. The zero-order valence-electron chi connectivity index (χ0n) is 13.0. The summed E-state index contributed by atoms with van der Waals surface area (Å²) in [6.07, 6.45) is 1.61. The van der Waals surface area contributed by atoms with E-state index < -0.39 is 15.9 Å². The number of nitrogens with zero attached hydrogens (tertiary/aromatic N) is 2. The summed E-state index contributed by atoms with van der Waals surface area (Å²) in [5, 5.41) is 2.63. The Labute approximate surface area is 154 Å². The first-order valence-corrected chi connectivity index (χ1v) is 9.45. The van der Waals surface area contributed by atoms with E-state index in [4.69, 9.17) is 11.6 Å². The largest absolute Gasteiger partial charge is 0.310 e. The van der Waals surface area contributed by atoms with E-state index in [-0.39, 0.29) is 16.5 Å². The van der Waals surface area contributed by atoms with Gasteiger partial charge in [0.25, 0.3) is 0 Å². The third-order valence-corrected chi connectivity index (χ3v) is 5.91. The maximum absolute atomic E-state index is 12.5. The Morgan fingerprint density at radius 2 is 2.04 bits per heavy atom. The van der Waals surface area contributed by atoms with Crippen molar-refractivity contribution >= 4 is 49.3 Å². The number of carbonyl (C=O) groups is 1. The van der Waals surface area contributed by atoms with Gasteiger partial charge >= 0.3 is 0 Å².